The van der Waals surface area contributed by atoms with Crippen molar-refractivity contribution < 1.29 is 21.9 Å². The van der Waals surface area contributed by atoms with Crippen molar-refractivity contribution in [2.45, 2.75) is 9.79 Å². The lowest BCUT2D eigenvalue weighted by Gasteiger charge is -2.02. The summed E-state index contributed by atoms with van der Waals surface area (Å²) >= 11 is 16.5. The van der Waals surface area contributed by atoms with E-state index in [0.29, 0.717) is 5.02 Å². The molecule has 2 rings (SSSR count). The van der Waals surface area contributed by atoms with Gasteiger partial charge in [0.1, 0.15) is 4.90 Å². The summed E-state index contributed by atoms with van der Waals surface area (Å²) in [5, 5.41) is 9.61. The summed E-state index contributed by atoms with van der Waals surface area (Å²) in [4.78, 5) is -0.435. The van der Waals surface area contributed by atoms with Gasteiger partial charge in [-0.25, -0.2) is 16.8 Å². The number of aromatic hydroxyl groups is 1. The molecule has 0 bridgehead atoms. The standard InChI is InChI=1S/C6H3Cl3O3S.C6H4Cl2O2S/c7-3-1-4(8)6(10)5(2-3)13(9,11)12;7-5-1-3-6(4-2-5)11(8,9)10/h1-2,10H;1-4H. The van der Waals surface area contributed by atoms with E-state index < -0.39 is 28.7 Å². The van der Waals surface area contributed by atoms with Crippen molar-refractivity contribution in [2.24, 2.45) is 0 Å². The Labute approximate surface area is 162 Å². The fourth-order valence-electron chi connectivity index (χ4n) is 1.33. The van der Waals surface area contributed by atoms with Crippen LogP contribution in [0.1, 0.15) is 0 Å². The third kappa shape index (κ3) is 6.48. The molecule has 5 nitrogen and oxygen atoms in total. The minimum atomic E-state index is -4.03. The number of hydrogen-bond donors (Lipinski definition) is 1. The number of benzene rings is 2. The fraction of sp³-hybridized carbons (Fsp3) is 0. The number of hydrogen-bond acceptors (Lipinski definition) is 5. The van der Waals surface area contributed by atoms with E-state index in [0.717, 1.165) is 6.07 Å². The largest absolute Gasteiger partial charge is 0.505 e. The normalized spacial score (nSPS) is 11.5. The van der Waals surface area contributed by atoms with Crippen LogP contribution < -0.4 is 0 Å². The van der Waals surface area contributed by atoms with Crippen molar-refractivity contribution in [1.82, 2.24) is 0 Å². The summed E-state index contributed by atoms with van der Waals surface area (Å²) in [5.41, 5.74) is 0. The average Bonchev–Trinajstić information content (AvgIpc) is 2.42. The van der Waals surface area contributed by atoms with Crippen molar-refractivity contribution in [3.63, 3.8) is 0 Å². The van der Waals surface area contributed by atoms with Gasteiger partial charge in [0.2, 0.25) is 0 Å². The van der Waals surface area contributed by atoms with Crippen LogP contribution >= 0.6 is 56.2 Å². The third-order valence-electron chi connectivity index (χ3n) is 2.35. The van der Waals surface area contributed by atoms with Gasteiger partial charge in [-0.15, -0.1) is 0 Å². The van der Waals surface area contributed by atoms with Crippen molar-refractivity contribution in [3.05, 3.63) is 51.5 Å². The van der Waals surface area contributed by atoms with Gasteiger partial charge in [0.25, 0.3) is 18.1 Å². The Morgan fingerprint density at radius 1 is 0.750 bits per heavy atom. The van der Waals surface area contributed by atoms with E-state index in [1.165, 1.54) is 30.3 Å². The van der Waals surface area contributed by atoms with Crippen LogP contribution in [0.15, 0.2) is 46.2 Å². The van der Waals surface area contributed by atoms with Crippen molar-refractivity contribution in [1.29, 1.82) is 0 Å². The monoisotopic (exact) mass is 470 g/mol. The highest BCUT2D eigenvalue weighted by atomic mass is 35.7. The van der Waals surface area contributed by atoms with Crippen LogP contribution in [0.2, 0.25) is 15.1 Å². The Morgan fingerprint density at radius 3 is 1.67 bits per heavy atom. The van der Waals surface area contributed by atoms with Crippen LogP contribution in [0.4, 0.5) is 0 Å². The maximum Gasteiger partial charge on any atom is 0.265 e. The van der Waals surface area contributed by atoms with Crippen LogP contribution in [0.3, 0.4) is 0 Å². The molecule has 0 fully saturated rings. The summed E-state index contributed by atoms with van der Waals surface area (Å²) in [6.45, 7) is 0. The van der Waals surface area contributed by atoms with Gasteiger partial charge >= 0.3 is 0 Å². The van der Waals surface area contributed by atoms with Gasteiger partial charge in [-0.05, 0) is 36.4 Å². The van der Waals surface area contributed by atoms with Crippen LogP contribution in [-0.2, 0) is 18.1 Å². The molecule has 0 spiro atoms. The third-order valence-corrected chi connectivity index (χ3v) is 5.81. The zero-order valence-electron chi connectivity index (χ0n) is 11.3. The molecule has 1 N–H and O–H groups in total. The molecule has 0 amide bonds. The van der Waals surface area contributed by atoms with E-state index in [2.05, 4.69) is 0 Å². The van der Waals surface area contributed by atoms with Crippen molar-refractivity contribution >= 4 is 74.3 Å². The predicted octanol–water partition coefficient (Wildman–Crippen LogP) is 4.89. The molecular weight excluding hydrogens is 466 g/mol. The van der Waals surface area contributed by atoms with Gasteiger partial charge < -0.3 is 5.11 Å². The molecule has 2 aromatic rings. The molecule has 132 valence electrons. The lowest BCUT2D eigenvalue weighted by Crippen LogP contribution is -1.91. The first-order valence-corrected chi connectivity index (χ1v) is 11.4. The van der Waals surface area contributed by atoms with Gasteiger partial charge in [0.15, 0.2) is 5.75 Å². The topological polar surface area (TPSA) is 88.5 Å². The van der Waals surface area contributed by atoms with E-state index in [1.807, 2.05) is 0 Å². The zero-order valence-corrected chi connectivity index (χ0v) is 16.7. The molecule has 0 heterocycles. The average molecular weight is 473 g/mol. The Morgan fingerprint density at radius 2 is 1.25 bits per heavy atom. The van der Waals surface area contributed by atoms with E-state index in [1.54, 1.807) is 0 Å². The first-order chi connectivity index (χ1) is 10.8. The number of halogens is 5. The van der Waals surface area contributed by atoms with Gasteiger partial charge in [-0.3, -0.25) is 0 Å². The van der Waals surface area contributed by atoms with Crippen LogP contribution in [0.5, 0.6) is 5.75 Å². The molecule has 0 saturated carbocycles. The van der Waals surface area contributed by atoms with E-state index in [4.69, 9.17) is 56.2 Å². The maximum atomic E-state index is 10.8. The maximum absolute atomic E-state index is 10.8. The molecule has 12 heteroatoms. The van der Waals surface area contributed by atoms with Gasteiger partial charge in [-0.1, -0.05) is 34.8 Å². The van der Waals surface area contributed by atoms with Gasteiger partial charge in [-0.2, -0.15) is 0 Å². The number of rotatable bonds is 2. The molecule has 0 radical (unpaired) electrons. The molecule has 0 aliphatic carbocycles. The molecule has 0 unspecified atom stereocenters. The summed E-state index contributed by atoms with van der Waals surface area (Å²) in [6, 6.07) is 7.87. The number of phenols is 1. The van der Waals surface area contributed by atoms with Gasteiger partial charge in [0, 0.05) is 31.4 Å². The smallest absolute Gasteiger partial charge is 0.265 e. The van der Waals surface area contributed by atoms with Crippen LogP contribution in [0, 0.1) is 0 Å². The minimum Gasteiger partial charge on any atom is -0.505 e. The van der Waals surface area contributed by atoms with Crippen LogP contribution in [0.25, 0.3) is 0 Å². The summed E-state index contributed by atoms with van der Waals surface area (Å²) in [6.07, 6.45) is 0. The Bertz CT molecular complexity index is 941. The van der Waals surface area contributed by atoms with E-state index in [-0.39, 0.29) is 14.9 Å². The first-order valence-electron chi connectivity index (χ1n) is 5.65. The van der Waals surface area contributed by atoms with E-state index in [9.17, 15) is 21.9 Å². The molecule has 2 aromatic carbocycles. The van der Waals surface area contributed by atoms with Crippen molar-refractivity contribution in [2.75, 3.05) is 0 Å². The molecule has 0 aromatic heterocycles. The lowest BCUT2D eigenvalue weighted by atomic mass is 10.3. The quantitative estimate of drug-likeness (QED) is 0.629. The molecule has 0 saturated heterocycles. The molecule has 0 aliphatic heterocycles. The molecule has 0 atom stereocenters. The fourth-order valence-corrected chi connectivity index (χ4v) is 3.80. The lowest BCUT2D eigenvalue weighted by molar-refractivity contribution is 0.460. The highest BCUT2D eigenvalue weighted by Crippen LogP contribution is 2.35. The summed E-state index contributed by atoms with van der Waals surface area (Å²) in [5.74, 6) is -0.596. The zero-order chi connectivity index (χ0) is 18.7. The highest BCUT2D eigenvalue weighted by molar-refractivity contribution is 8.14. The summed E-state index contributed by atoms with van der Waals surface area (Å²) < 4.78 is 43.0. The Hall–Kier alpha value is -0.410. The second-order valence-electron chi connectivity index (χ2n) is 4.06. The Kier molecular flexibility index (Phi) is 7.49. The van der Waals surface area contributed by atoms with Crippen molar-refractivity contribution in [3.8, 4) is 5.75 Å². The van der Waals surface area contributed by atoms with E-state index >= 15 is 0 Å². The molecule has 0 aliphatic rings. The minimum absolute atomic E-state index is 0.0589. The molecule has 24 heavy (non-hydrogen) atoms. The second-order valence-corrected chi connectivity index (χ2v) is 10.4. The molecular formula is C12H7Cl5O5S2. The highest BCUT2D eigenvalue weighted by Gasteiger charge is 2.18. The van der Waals surface area contributed by atoms with Crippen LogP contribution in [-0.4, -0.2) is 21.9 Å². The van der Waals surface area contributed by atoms with Gasteiger partial charge in [0.05, 0.1) is 9.92 Å². The Balaban J connectivity index is 0.000000243. The first kappa shape index (κ1) is 21.6. The number of phenolic OH excluding ortho intramolecular Hbond substituents is 1. The second kappa shape index (κ2) is 8.31. The predicted molar refractivity (Wildman–Crippen MR) is 95.7 cm³/mol. The SMILES string of the molecule is O=S(=O)(Cl)c1cc(Cl)cc(Cl)c1O.O=S(=O)(Cl)c1ccc(Cl)cc1. The summed E-state index contributed by atoms with van der Waals surface area (Å²) in [7, 11) is 2.41.